The fourth-order valence-corrected chi connectivity index (χ4v) is 5.33. The van der Waals surface area contributed by atoms with Gasteiger partial charge in [0.05, 0.1) is 17.8 Å². The van der Waals surface area contributed by atoms with E-state index in [0.717, 1.165) is 22.9 Å². The van der Waals surface area contributed by atoms with Crippen molar-refractivity contribution in [2.45, 2.75) is 44.8 Å². The molecule has 2 fully saturated rings. The summed E-state index contributed by atoms with van der Waals surface area (Å²) < 4.78 is 13.6. The predicted molar refractivity (Wildman–Crippen MR) is 123 cm³/mol. The lowest BCUT2D eigenvalue weighted by atomic mass is 9.96. The average molecular weight is 433 g/mol. The number of ether oxygens (including phenoxy) is 2. The highest BCUT2D eigenvalue weighted by Gasteiger charge is 2.43. The van der Waals surface area contributed by atoms with Gasteiger partial charge in [0.1, 0.15) is 0 Å². The molecule has 0 spiro atoms. The number of aromatic nitrogens is 2. The van der Waals surface area contributed by atoms with Gasteiger partial charge >= 0.3 is 0 Å². The fourth-order valence-electron chi connectivity index (χ4n) is 4.98. The first-order valence-corrected chi connectivity index (χ1v) is 11.1. The molecule has 158 valence electrons. The highest BCUT2D eigenvalue weighted by Crippen LogP contribution is 2.47. The molecule has 2 atom stereocenters. The van der Waals surface area contributed by atoms with E-state index >= 15 is 0 Å². The van der Waals surface area contributed by atoms with Crippen molar-refractivity contribution < 1.29 is 9.47 Å². The molecule has 0 radical (unpaired) electrons. The maximum Gasteiger partial charge on any atom is 0.231 e. The number of benzene rings is 1. The van der Waals surface area contributed by atoms with Crippen molar-refractivity contribution in [3.8, 4) is 11.5 Å². The molecule has 4 heterocycles. The standard InChI is InChI=1S/C24H24N4O2S/c1-14-11-18(15(2)27(14)16-6-7-16)23-22(19-5-3-4-10-25-19)26-24(31)28(23)17-8-9-20-21(12-17)30-13-29-20/h3-5,8-12,16,22-23H,6-7,13H2,1-2H3,(H,26,31)/t22-,23-/m1/s1. The molecule has 0 amide bonds. The van der Waals surface area contributed by atoms with Crippen LogP contribution in [0.15, 0.2) is 48.7 Å². The summed E-state index contributed by atoms with van der Waals surface area (Å²) in [6, 6.07) is 15.0. The largest absolute Gasteiger partial charge is 0.454 e. The van der Waals surface area contributed by atoms with E-state index in [0.29, 0.717) is 11.2 Å². The first-order valence-electron chi connectivity index (χ1n) is 10.7. The summed E-state index contributed by atoms with van der Waals surface area (Å²) in [5.41, 5.74) is 5.86. The summed E-state index contributed by atoms with van der Waals surface area (Å²) in [5.74, 6) is 1.52. The maximum absolute atomic E-state index is 5.86. The highest BCUT2D eigenvalue weighted by atomic mass is 32.1. The van der Waals surface area contributed by atoms with Crippen LogP contribution in [0.2, 0.25) is 0 Å². The molecule has 0 bridgehead atoms. The number of nitrogens with zero attached hydrogens (tertiary/aromatic N) is 3. The van der Waals surface area contributed by atoms with Crippen molar-refractivity contribution in [2.24, 2.45) is 0 Å². The van der Waals surface area contributed by atoms with Crippen molar-refractivity contribution in [2.75, 3.05) is 11.7 Å². The Kier molecular flexibility index (Phi) is 4.21. The molecular weight excluding hydrogens is 408 g/mol. The Morgan fingerprint density at radius 1 is 1.06 bits per heavy atom. The Balaban J connectivity index is 1.50. The minimum Gasteiger partial charge on any atom is -0.454 e. The van der Waals surface area contributed by atoms with E-state index < -0.39 is 0 Å². The van der Waals surface area contributed by atoms with Crippen LogP contribution in [0.5, 0.6) is 11.5 Å². The third kappa shape index (κ3) is 2.98. The summed E-state index contributed by atoms with van der Waals surface area (Å²) in [4.78, 5) is 6.87. The predicted octanol–water partition coefficient (Wildman–Crippen LogP) is 4.74. The molecule has 2 aromatic heterocycles. The minimum absolute atomic E-state index is 0.0125. The molecule has 0 unspecified atom stereocenters. The summed E-state index contributed by atoms with van der Waals surface area (Å²) in [5, 5.41) is 4.24. The zero-order valence-electron chi connectivity index (χ0n) is 17.5. The molecule has 2 aliphatic heterocycles. The third-order valence-corrected chi connectivity index (χ3v) is 6.80. The van der Waals surface area contributed by atoms with E-state index in [1.54, 1.807) is 0 Å². The molecule has 31 heavy (non-hydrogen) atoms. The van der Waals surface area contributed by atoms with Crippen molar-refractivity contribution in [1.82, 2.24) is 14.9 Å². The molecule has 6 rings (SSSR count). The quantitative estimate of drug-likeness (QED) is 0.601. The van der Waals surface area contributed by atoms with Gasteiger partial charge in [-0.25, -0.2) is 0 Å². The van der Waals surface area contributed by atoms with Crippen LogP contribution in [0.4, 0.5) is 5.69 Å². The number of hydrogen-bond donors (Lipinski definition) is 1. The number of rotatable bonds is 4. The smallest absolute Gasteiger partial charge is 0.231 e. The SMILES string of the molecule is Cc1cc([C@@H]2[C@@H](c3ccccn3)NC(=S)N2c2ccc3c(c2)OCO3)c(C)n1C1CC1. The lowest BCUT2D eigenvalue weighted by Gasteiger charge is -2.28. The number of aryl methyl sites for hydroxylation is 1. The monoisotopic (exact) mass is 432 g/mol. The molecule has 1 aliphatic carbocycles. The molecule has 3 aromatic rings. The van der Waals surface area contributed by atoms with Crippen LogP contribution >= 0.6 is 12.2 Å². The molecule has 3 aliphatic rings. The summed E-state index contributed by atoms with van der Waals surface area (Å²) in [6.07, 6.45) is 4.35. The topological polar surface area (TPSA) is 51.6 Å². The second kappa shape index (κ2) is 6.99. The highest BCUT2D eigenvalue weighted by molar-refractivity contribution is 7.80. The number of hydrogen-bond acceptors (Lipinski definition) is 4. The maximum atomic E-state index is 5.86. The van der Waals surface area contributed by atoms with E-state index in [9.17, 15) is 0 Å². The molecule has 1 saturated heterocycles. The van der Waals surface area contributed by atoms with Gasteiger partial charge in [-0.2, -0.15) is 0 Å². The number of fused-ring (bicyclic) bond motifs is 1. The summed E-state index contributed by atoms with van der Waals surface area (Å²) in [6.45, 7) is 4.69. The van der Waals surface area contributed by atoms with Gasteiger partial charge in [0, 0.05) is 35.4 Å². The molecule has 1 aromatic carbocycles. The van der Waals surface area contributed by atoms with Gasteiger partial charge in [-0.05, 0) is 74.8 Å². The lowest BCUT2D eigenvalue weighted by Crippen LogP contribution is -2.29. The Hall–Kier alpha value is -3.06. The van der Waals surface area contributed by atoms with E-state index in [2.05, 4.69) is 51.8 Å². The molecule has 1 saturated carbocycles. The van der Waals surface area contributed by atoms with Crippen LogP contribution in [-0.4, -0.2) is 21.5 Å². The van der Waals surface area contributed by atoms with Gasteiger partial charge in [-0.3, -0.25) is 4.98 Å². The number of nitrogens with one attached hydrogen (secondary N) is 1. The normalized spacial score (nSPS) is 22.1. The Bertz CT molecular complexity index is 1170. The van der Waals surface area contributed by atoms with Crippen LogP contribution < -0.4 is 19.7 Å². The second-order valence-electron chi connectivity index (χ2n) is 8.46. The van der Waals surface area contributed by atoms with Crippen LogP contribution in [0.25, 0.3) is 0 Å². The van der Waals surface area contributed by atoms with Crippen molar-refractivity contribution in [1.29, 1.82) is 0 Å². The zero-order valence-corrected chi connectivity index (χ0v) is 18.4. The van der Waals surface area contributed by atoms with Crippen LogP contribution in [0.1, 0.15) is 53.6 Å². The number of anilines is 1. The van der Waals surface area contributed by atoms with E-state index in [4.69, 9.17) is 21.7 Å². The molecular formula is C24H24N4O2S. The van der Waals surface area contributed by atoms with Gasteiger partial charge in [0.25, 0.3) is 0 Å². The van der Waals surface area contributed by atoms with Crippen LogP contribution in [-0.2, 0) is 0 Å². The lowest BCUT2D eigenvalue weighted by molar-refractivity contribution is 0.174. The Morgan fingerprint density at radius 3 is 2.68 bits per heavy atom. The van der Waals surface area contributed by atoms with E-state index in [1.165, 1.54) is 29.8 Å². The van der Waals surface area contributed by atoms with Gasteiger partial charge < -0.3 is 24.3 Å². The van der Waals surface area contributed by atoms with E-state index in [-0.39, 0.29) is 18.9 Å². The number of thiocarbonyl (C=S) groups is 1. The Labute approximate surface area is 186 Å². The van der Waals surface area contributed by atoms with Crippen LogP contribution in [0.3, 0.4) is 0 Å². The first kappa shape index (κ1) is 18.7. The fraction of sp³-hybridized carbons (Fsp3) is 0.333. The third-order valence-electron chi connectivity index (χ3n) is 6.49. The van der Waals surface area contributed by atoms with Crippen molar-refractivity contribution >= 4 is 23.0 Å². The van der Waals surface area contributed by atoms with Gasteiger partial charge in [0.15, 0.2) is 16.6 Å². The summed E-state index contributed by atoms with van der Waals surface area (Å²) in [7, 11) is 0. The van der Waals surface area contributed by atoms with Gasteiger partial charge in [-0.15, -0.1) is 0 Å². The molecule has 6 nitrogen and oxygen atoms in total. The van der Waals surface area contributed by atoms with Crippen molar-refractivity contribution in [3.63, 3.8) is 0 Å². The van der Waals surface area contributed by atoms with E-state index in [1.807, 2.05) is 30.5 Å². The summed E-state index contributed by atoms with van der Waals surface area (Å²) >= 11 is 5.86. The molecule has 1 N–H and O–H groups in total. The minimum atomic E-state index is -0.0488. The second-order valence-corrected chi connectivity index (χ2v) is 8.85. The first-order chi connectivity index (χ1) is 15.1. The Morgan fingerprint density at radius 2 is 1.90 bits per heavy atom. The van der Waals surface area contributed by atoms with Crippen molar-refractivity contribution in [3.05, 3.63) is 71.3 Å². The number of pyridine rings is 1. The zero-order chi connectivity index (χ0) is 21.1. The molecule has 7 heteroatoms. The van der Waals surface area contributed by atoms with Gasteiger partial charge in [0.2, 0.25) is 6.79 Å². The average Bonchev–Trinajstić information content (AvgIpc) is 3.27. The van der Waals surface area contributed by atoms with Crippen LogP contribution in [0, 0.1) is 13.8 Å². The van der Waals surface area contributed by atoms with Gasteiger partial charge in [-0.1, -0.05) is 6.07 Å².